The lowest BCUT2D eigenvalue weighted by molar-refractivity contribution is 0.969. The fraction of sp³-hybridized carbons (Fsp3) is 0.333. The molecule has 1 rings (SSSR count). The van der Waals surface area contributed by atoms with E-state index in [0.29, 0.717) is 11.6 Å². The molecule has 0 bridgehead atoms. The smallest absolute Gasteiger partial charge is 0.284 e. The van der Waals surface area contributed by atoms with Gasteiger partial charge in [0.25, 0.3) is 0 Å². The summed E-state index contributed by atoms with van der Waals surface area (Å²) in [7, 11) is 0. The van der Waals surface area contributed by atoms with Gasteiger partial charge in [0, 0.05) is 12.2 Å². The Balaban J connectivity index is 2.40. The zero-order valence-corrected chi connectivity index (χ0v) is 6.57. The van der Waals surface area contributed by atoms with Gasteiger partial charge < -0.3 is 0 Å². The first kappa shape index (κ1) is 7.95. The summed E-state index contributed by atoms with van der Waals surface area (Å²) in [6, 6.07) is 0. The molecule has 0 unspecified atom stereocenters. The molecule has 0 saturated heterocycles. The molecule has 0 saturated carbocycles. The number of thioether (sulfide) groups is 1. The monoisotopic (exact) mass is 169 g/mol. The van der Waals surface area contributed by atoms with Crippen molar-refractivity contribution in [1.82, 2.24) is 15.2 Å². The standard InChI is InChI=1S/C6H7N3OS/c1-2-3-4-11-6-7-5(10)8-9-6/h1H,3-4H2,(H2,7,8,9,10). The summed E-state index contributed by atoms with van der Waals surface area (Å²) in [6.07, 6.45) is 5.71. The summed E-state index contributed by atoms with van der Waals surface area (Å²) in [5.74, 6) is 3.27. The summed E-state index contributed by atoms with van der Waals surface area (Å²) >= 11 is 1.43. The van der Waals surface area contributed by atoms with Gasteiger partial charge in [0.2, 0.25) is 0 Å². The van der Waals surface area contributed by atoms with Crippen LogP contribution in [0.1, 0.15) is 6.42 Å². The van der Waals surface area contributed by atoms with Crippen LogP contribution in [0.5, 0.6) is 0 Å². The number of nitrogens with zero attached hydrogens (tertiary/aromatic N) is 1. The van der Waals surface area contributed by atoms with E-state index in [-0.39, 0.29) is 5.69 Å². The van der Waals surface area contributed by atoms with E-state index in [0.717, 1.165) is 5.75 Å². The van der Waals surface area contributed by atoms with Gasteiger partial charge >= 0.3 is 5.69 Å². The van der Waals surface area contributed by atoms with Gasteiger partial charge in [0.1, 0.15) is 0 Å². The van der Waals surface area contributed by atoms with Crippen molar-refractivity contribution >= 4 is 11.8 Å². The first-order valence-corrected chi connectivity index (χ1v) is 4.02. The number of rotatable bonds is 3. The predicted octanol–water partition coefficient (Wildman–Crippen LogP) is 0.213. The van der Waals surface area contributed by atoms with Crippen molar-refractivity contribution in [3.8, 4) is 12.3 Å². The van der Waals surface area contributed by atoms with Crippen LogP contribution in [0.15, 0.2) is 9.95 Å². The van der Waals surface area contributed by atoms with Crippen LogP contribution in [0.4, 0.5) is 0 Å². The summed E-state index contributed by atoms with van der Waals surface area (Å²) in [5.41, 5.74) is -0.284. The number of terminal acetylenes is 1. The Bertz CT molecular complexity index is 308. The number of nitrogens with one attached hydrogen (secondary N) is 2. The highest BCUT2D eigenvalue weighted by molar-refractivity contribution is 7.99. The molecule has 0 aromatic carbocycles. The van der Waals surface area contributed by atoms with Crippen molar-refractivity contribution in [3.63, 3.8) is 0 Å². The molecule has 0 aliphatic heterocycles. The van der Waals surface area contributed by atoms with Crippen LogP contribution in [-0.2, 0) is 0 Å². The van der Waals surface area contributed by atoms with Gasteiger partial charge in [-0.2, -0.15) is 0 Å². The Hall–Kier alpha value is -1.15. The third-order valence-electron chi connectivity index (χ3n) is 0.965. The zero-order valence-electron chi connectivity index (χ0n) is 5.76. The largest absolute Gasteiger partial charge is 0.341 e. The quantitative estimate of drug-likeness (QED) is 0.386. The molecule has 0 fully saturated rings. The van der Waals surface area contributed by atoms with E-state index in [2.05, 4.69) is 21.1 Å². The normalized spacial score (nSPS) is 9.36. The van der Waals surface area contributed by atoms with Gasteiger partial charge in [-0.3, -0.25) is 4.98 Å². The van der Waals surface area contributed by atoms with Crippen LogP contribution in [0.25, 0.3) is 0 Å². The molecular formula is C6H7N3OS. The van der Waals surface area contributed by atoms with Gasteiger partial charge in [-0.05, 0) is 0 Å². The fourth-order valence-electron chi connectivity index (χ4n) is 0.530. The maximum absolute atomic E-state index is 10.5. The summed E-state index contributed by atoms with van der Waals surface area (Å²) in [6.45, 7) is 0. The molecule has 5 heteroatoms. The SMILES string of the molecule is C#CCCSc1n[nH]c(=O)[nH]1. The molecular weight excluding hydrogens is 162 g/mol. The van der Waals surface area contributed by atoms with Crippen molar-refractivity contribution in [2.75, 3.05) is 5.75 Å². The van der Waals surface area contributed by atoms with Gasteiger partial charge in [0.15, 0.2) is 5.16 Å². The van der Waals surface area contributed by atoms with E-state index in [4.69, 9.17) is 6.42 Å². The Morgan fingerprint density at radius 2 is 2.55 bits per heavy atom. The maximum atomic E-state index is 10.5. The topological polar surface area (TPSA) is 61.5 Å². The van der Waals surface area contributed by atoms with Crippen LogP contribution in [0.3, 0.4) is 0 Å². The number of hydrogen-bond acceptors (Lipinski definition) is 3. The third-order valence-corrected chi connectivity index (χ3v) is 1.84. The number of H-pyrrole nitrogens is 2. The average Bonchev–Trinajstić information content (AvgIpc) is 2.37. The number of aromatic amines is 2. The Morgan fingerprint density at radius 1 is 1.73 bits per heavy atom. The minimum atomic E-state index is -0.284. The fourth-order valence-corrected chi connectivity index (χ4v) is 1.22. The molecule has 0 aliphatic rings. The highest BCUT2D eigenvalue weighted by Gasteiger charge is 1.95. The van der Waals surface area contributed by atoms with Crippen LogP contribution < -0.4 is 5.69 Å². The van der Waals surface area contributed by atoms with Crippen LogP contribution in [0.2, 0.25) is 0 Å². The van der Waals surface area contributed by atoms with Crippen molar-refractivity contribution in [1.29, 1.82) is 0 Å². The summed E-state index contributed by atoms with van der Waals surface area (Å²) in [5, 5.41) is 6.54. The van der Waals surface area contributed by atoms with E-state index in [1.807, 2.05) is 0 Å². The van der Waals surface area contributed by atoms with Crippen LogP contribution in [0, 0.1) is 12.3 Å². The van der Waals surface area contributed by atoms with Gasteiger partial charge in [-0.1, -0.05) is 11.8 Å². The van der Waals surface area contributed by atoms with E-state index in [9.17, 15) is 4.79 Å². The van der Waals surface area contributed by atoms with Crippen LogP contribution >= 0.6 is 11.8 Å². The number of aromatic nitrogens is 3. The lowest BCUT2D eigenvalue weighted by Crippen LogP contribution is -2.00. The maximum Gasteiger partial charge on any atom is 0.341 e. The second kappa shape index (κ2) is 3.88. The molecule has 58 valence electrons. The lowest BCUT2D eigenvalue weighted by atomic mass is 10.5. The predicted molar refractivity (Wildman–Crippen MR) is 43.4 cm³/mol. The molecule has 1 heterocycles. The molecule has 11 heavy (non-hydrogen) atoms. The molecule has 1 aromatic rings. The van der Waals surface area contributed by atoms with Gasteiger partial charge in [-0.15, -0.1) is 17.4 Å². The minimum Gasteiger partial charge on any atom is -0.284 e. The first-order chi connectivity index (χ1) is 5.33. The molecule has 0 amide bonds. The Labute approximate surface area is 67.8 Å². The average molecular weight is 169 g/mol. The van der Waals surface area contributed by atoms with Crippen molar-refractivity contribution in [2.45, 2.75) is 11.6 Å². The van der Waals surface area contributed by atoms with Crippen molar-refractivity contribution in [3.05, 3.63) is 10.5 Å². The second-order valence-electron chi connectivity index (χ2n) is 1.79. The van der Waals surface area contributed by atoms with E-state index in [1.54, 1.807) is 0 Å². The highest BCUT2D eigenvalue weighted by atomic mass is 32.2. The van der Waals surface area contributed by atoms with Crippen molar-refractivity contribution in [2.24, 2.45) is 0 Å². The minimum absolute atomic E-state index is 0.284. The molecule has 1 aromatic heterocycles. The van der Waals surface area contributed by atoms with Gasteiger partial charge in [-0.25, -0.2) is 9.89 Å². The number of hydrogen-bond donors (Lipinski definition) is 2. The second-order valence-corrected chi connectivity index (χ2v) is 2.87. The molecule has 0 radical (unpaired) electrons. The first-order valence-electron chi connectivity index (χ1n) is 3.04. The molecule has 4 nitrogen and oxygen atoms in total. The van der Waals surface area contributed by atoms with E-state index in [1.165, 1.54) is 11.8 Å². The van der Waals surface area contributed by atoms with E-state index < -0.39 is 0 Å². The lowest BCUT2D eigenvalue weighted by Gasteiger charge is -1.88. The van der Waals surface area contributed by atoms with Crippen LogP contribution in [-0.4, -0.2) is 20.9 Å². The van der Waals surface area contributed by atoms with E-state index >= 15 is 0 Å². The highest BCUT2D eigenvalue weighted by Crippen LogP contribution is 2.09. The zero-order chi connectivity index (χ0) is 8.10. The molecule has 0 atom stereocenters. The molecule has 0 aliphatic carbocycles. The molecule has 2 N–H and O–H groups in total. The van der Waals surface area contributed by atoms with Gasteiger partial charge in [0.05, 0.1) is 0 Å². The Morgan fingerprint density at radius 3 is 3.09 bits per heavy atom. The molecule has 0 spiro atoms. The Kier molecular flexibility index (Phi) is 2.81. The third kappa shape index (κ3) is 2.51. The summed E-state index contributed by atoms with van der Waals surface area (Å²) in [4.78, 5) is 13.0. The summed E-state index contributed by atoms with van der Waals surface area (Å²) < 4.78 is 0. The van der Waals surface area contributed by atoms with Crippen molar-refractivity contribution < 1.29 is 0 Å².